The van der Waals surface area contributed by atoms with Crippen molar-refractivity contribution in [1.29, 1.82) is 0 Å². The summed E-state index contributed by atoms with van der Waals surface area (Å²) >= 11 is 0. The highest BCUT2D eigenvalue weighted by Gasteiger charge is 2.25. The Hall–Kier alpha value is -1.85. The van der Waals surface area contributed by atoms with Gasteiger partial charge in [-0.25, -0.2) is 8.42 Å². The van der Waals surface area contributed by atoms with E-state index in [1.165, 1.54) is 4.31 Å². The second-order valence-electron chi connectivity index (χ2n) is 4.96. The van der Waals surface area contributed by atoms with Gasteiger partial charge in [-0.1, -0.05) is 43.3 Å². The van der Waals surface area contributed by atoms with Crippen molar-refractivity contribution < 1.29 is 8.42 Å². The lowest BCUT2D eigenvalue weighted by Gasteiger charge is -2.21. The van der Waals surface area contributed by atoms with E-state index in [0.29, 0.717) is 18.8 Å². The van der Waals surface area contributed by atoms with Crippen LogP contribution < -0.4 is 5.73 Å². The molecule has 0 atom stereocenters. The predicted molar refractivity (Wildman–Crippen MR) is 85.3 cm³/mol. The molecular formula is C16H20N2O2S. The van der Waals surface area contributed by atoms with Crippen LogP contribution in [-0.4, -0.2) is 19.3 Å². The second-order valence-corrected chi connectivity index (χ2v) is 6.86. The van der Waals surface area contributed by atoms with Crippen LogP contribution in [0.5, 0.6) is 0 Å². The Balaban J connectivity index is 2.36. The van der Waals surface area contributed by atoms with Gasteiger partial charge in [0.15, 0.2) is 0 Å². The van der Waals surface area contributed by atoms with Crippen molar-refractivity contribution in [1.82, 2.24) is 4.31 Å². The minimum absolute atomic E-state index is 0.172. The molecule has 4 nitrogen and oxygen atoms in total. The first-order chi connectivity index (χ1) is 9.95. The van der Waals surface area contributed by atoms with Gasteiger partial charge in [0.2, 0.25) is 10.0 Å². The molecule has 21 heavy (non-hydrogen) atoms. The van der Waals surface area contributed by atoms with E-state index >= 15 is 0 Å². The highest BCUT2D eigenvalue weighted by molar-refractivity contribution is 7.89. The Morgan fingerprint density at radius 1 is 1.10 bits per heavy atom. The van der Waals surface area contributed by atoms with Gasteiger partial charge in [-0.3, -0.25) is 0 Å². The Kier molecular flexibility index (Phi) is 4.65. The maximum absolute atomic E-state index is 12.7. The normalized spacial score (nSPS) is 11.8. The first kappa shape index (κ1) is 15.5. The summed E-state index contributed by atoms with van der Waals surface area (Å²) in [7, 11) is -3.59. The maximum Gasteiger partial charge on any atom is 0.245 e. The quantitative estimate of drug-likeness (QED) is 0.864. The van der Waals surface area contributed by atoms with Crippen molar-refractivity contribution in [3.05, 3.63) is 59.7 Å². The minimum Gasteiger partial charge on any atom is -0.398 e. The fraction of sp³-hybridized carbons (Fsp3) is 0.250. The molecule has 0 amide bonds. The van der Waals surface area contributed by atoms with E-state index in [1.807, 2.05) is 44.2 Å². The number of hydrogen-bond donors (Lipinski definition) is 1. The van der Waals surface area contributed by atoms with E-state index in [2.05, 4.69) is 0 Å². The number of rotatable bonds is 5. The standard InChI is InChI=1S/C16H20N2O2S/c1-3-18(12-14-7-5-4-6-8-14)21(19,20)16-10-9-13(2)11-15(16)17/h4-11H,3,12,17H2,1-2H3. The third kappa shape index (κ3) is 3.43. The van der Waals surface area contributed by atoms with Gasteiger partial charge in [0, 0.05) is 13.1 Å². The third-order valence-corrected chi connectivity index (χ3v) is 5.33. The minimum atomic E-state index is -3.59. The van der Waals surface area contributed by atoms with Crippen LogP contribution in [-0.2, 0) is 16.6 Å². The van der Waals surface area contributed by atoms with Gasteiger partial charge in [-0.15, -0.1) is 0 Å². The topological polar surface area (TPSA) is 63.4 Å². The zero-order chi connectivity index (χ0) is 15.5. The fourth-order valence-electron chi connectivity index (χ4n) is 2.20. The molecule has 112 valence electrons. The lowest BCUT2D eigenvalue weighted by atomic mass is 10.2. The van der Waals surface area contributed by atoms with Gasteiger partial charge in [0.25, 0.3) is 0 Å². The Labute approximate surface area is 126 Å². The van der Waals surface area contributed by atoms with Crippen LogP contribution in [0.2, 0.25) is 0 Å². The summed E-state index contributed by atoms with van der Waals surface area (Å²) in [5.41, 5.74) is 8.08. The molecule has 2 aromatic rings. The maximum atomic E-state index is 12.7. The molecule has 0 unspecified atom stereocenters. The average molecular weight is 304 g/mol. The van der Waals surface area contributed by atoms with Crippen LogP contribution in [0.4, 0.5) is 5.69 Å². The summed E-state index contributed by atoms with van der Waals surface area (Å²) < 4.78 is 26.9. The van der Waals surface area contributed by atoms with Gasteiger partial charge < -0.3 is 5.73 Å². The van der Waals surface area contributed by atoms with E-state index in [0.717, 1.165) is 11.1 Å². The van der Waals surface area contributed by atoms with Crippen LogP contribution in [0, 0.1) is 6.92 Å². The molecule has 0 aliphatic heterocycles. The molecule has 2 aromatic carbocycles. The molecule has 0 bridgehead atoms. The summed E-state index contributed by atoms with van der Waals surface area (Å²) in [6.45, 7) is 4.44. The molecular weight excluding hydrogens is 284 g/mol. The van der Waals surface area contributed by atoms with Crippen molar-refractivity contribution in [3.63, 3.8) is 0 Å². The average Bonchev–Trinajstić information content (AvgIpc) is 2.45. The van der Waals surface area contributed by atoms with Crippen molar-refractivity contribution in [3.8, 4) is 0 Å². The summed E-state index contributed by atoms with van der Waals surface area (Å²) in [6.07, 6.45) is 0. The van der Waals surface area contributed by atoms with Crippen molar-refractivity contribution in [2.24, 2.45) is 0 Å². The summed E-state index contributed by atoms with van der Waals surface area (Å²) in [4.78, 5) is 0.172. The number of nitrogens with two attached hydrogens (primary N) is 1. The van der Waals surface area contributed by atoms with Crippen LogP contribution in [0.1, 0.15) is 18.1 Å². The van der Waals surface area contributed by atoms with Gasteiger partial charge in [0.05, 0.1) is 5.69 Å². The molecule has 0 saturated carbocycles. The highest BCUT2D eigenvalue weighted by Crippen LogP contribution is 2.24. The van der Waals surface area contributed by atoms with Gasteiger partial charge in [0.1, 0.15) is 4.90 Å². The number of sulfonamides is 1. The van der Waals surface area contributed by atoms with Crippen LogP contribution in [0.25, 0.3) is 0 Å². The van der Waals surface area contributed by atoms with E-state index in [-0.39, 0.29) is 4.90 Å². The second kappa shape index (κ2) is 6.28. The van der Waals surface area contributed by atoms with Gasteiger partial charge in [-0.2, -0.15) is 4.31 Å². The lowest BCUT2D eigenvalue weighted by molar-refractivity contribution is 0.423. The number of nitrogens with zero attached hydrogens (tertiary/aromatic N) is 1. The zero-order valence-corrected chi connectivity index (χ0v) is 13.1. The van der Waals surface area contributed by atoms with Crippen molar-refractivity contribution in [2.45, 2.75) is 25.3 Å². The molecule has 0 aromatic heterocycles. The first-order valence-electron chi connectivity index (χ1n) is 6.85. The van der Waals surface area contributed by atoms with Gasteiger partial charge >= 0.3 is 0 Å². The molecule has 0 heterocycles. The number of anilines is 1. The molecule has 0 aliphatic carbocycles. The predicted octanol–water partition coefficient (Wildman–Crippen LogP) is 2.79. The lowest BCUT2D eigenvalue weighted by Crippen LogP contribution is -2.31. The Morgan fingerprint density at radius 3 is 2.33 bits per heavy atom. The van der Waals surface area contributed by atoms with E-state index in [1.54, 1.807) is 18.2 Å². The van der Waals surface area contributed by atoms with E-state index < -0.39 is 10.0 Å². The molecule has 0 fully saturated rings. The fourth-order valence-corrected chi connectivity index (χ4v) is 3.73. The van der Waals surface area contributed by atoms with Crippen LogP contribution in [0.3, 0.4) is 0 Å². The number of hydrogen-bond acceptors (Lipinski definition) is 3. The molecule has 0 spiro atoms. The molecule has 0 radical (unpaired) electrons. The van der Waals surface area contributed by atoms with Gasteiger partial charge in [-0.05, 0) is 30.2 Å². The monoisotopic (exact) mass is 304 g/mol. The van der Waals surface area contributed by atoms with E-state index in [9.17, 15) is 8.42 Å². The molecule has 2 rings (SSSR count). The Morgan fingerprint density at radius 2 is 1.76 bits per heavy atom. The molecule has 5 heteroatoms. The summed E-state index contributed by atoms with van der Waals surface area (Å²) in [6, 6.07) is 14.6. The smallest absolute Gasteiger partial charge is 0.245 e. The largest absolute Gasteiger partial charge is 0.398 e. The number of benzene rings is 2. The highest BCUT2D eigenvalue weighted by atomic mass is 32.2. The number of aryl methyl sites for hydroxylation is 1. The Bertz CT molecular complexity index is 712. The summed E-state index contributed by atoms with van der Waals surface area (Å²) in [5.74, 6) is 0. The molecule has 0 saturated heterocycles. The van der Waals surface area contributed by atoms with E-state index in [4.69, 9.17) is 5.73 Å². The number of nitrogen functional groups attached to an aromatic ring is 1. The van der Waals surface area contributed by atoms with Crippen LogP contribution >= 0.6 is 0 Å². The van der Waals surface area contributed by atoms with Crippen molar-refractivity contribution >= 4 is 15.7 Å². The summed E-state index contributed by atoms with van der Waals surface area (Å²) in [5, 5.41) is 0. The molecule has 0 aliphatic rings. The third-order valence-electron chi connectivity index (χ3n) is 3.34. The van der Waals surface area contributed by atoms with Crippen LogP contribution in [0.15, 0.2) is 53.4 Å². The van der Waals surface area contributed by atoms with Crippen molar-refractivity contribution in [2.75, 3.05) is 12.3 Å². The first-order valence-corrected chi connectivity index (χ1v) is 8.29. The zero-order valence-electron chi connectivity index (χ0n) is 12.3. The molecule has 2 N–H and O–H groups in total. The SMILES string of the molecule is CCN(Cc1ccccc1)S(=O)(=O)c1ccc(C)cc1N.